The average molecular weight is 249 g/mol. The van der Waals surface area contributed by atoms with Crippen LogP contribution < -0.4 is 11.3 Å². The average Bonchev–Trinajstić information content (AvgIpc) is 2.88. The fourth-order valence-electron chi connectivity index (χ4n) is 2.54. The minimum Gasteiger partial charge on any atom is -0.378 e. The van der Waals surface area contributed by atoms with Gasteiger partial charge in [0.15, 0.2) is 0 Å². The van der Waals surface area contributed by atoms with Crippen LogP contribution in [0.15, 0.2) is 18.5 Å². The molecule has 1 saturated heterocycles. The summed E-state index contributed by atoms with van der Waals surface area (Å²) < 4.78 is 5.63. The van der Waals surface area contributed by atoms with Gasteiger partial charge in [0.1, 0.15) is 0 Å². The van der Waals surface area contributed by atoms with Crippen LogP contribution in [-0.4, -0.2) is 17.7 Å². The summed E-state index contributed by atoms with van der Waals surface area (Å²) in [7, 11) is 0. The van der Waals surface area contributed by atoms with Gasteiger partial charge >= 0.3 is 0 Å². The van der Waals surface area contributed by atoms with Crippen LogP contribution in [0.25, 0.3) is 0 Å². The van der Waals surface area contributed by atoms with Crippen LogP contribution >= 0.6 is 0 Å². The first kappa shape index (κ1) is 13.5. The first-order valence-corrected chi connectivity index (χ1v) is 6.79. The highest BCUT2D eigenvalue weighted by Gasteiger charge is 2.16. The van der Waals surface area contributed by atoms with E-state index in [1.165, 1.54) is 24.0 Å². The number of pyridine rings is 1. The van der Waals surface area contributed by atoms with Crippen LogP contribution in [0.2, 0.25) is 0 Å². The molecule has 4 heteroatoms. The molecule has 1 aromatic heterocycles. The lowest BCUT2D eigenvalue weighted by Crippen LogP contribution is -2.28. The Morgan fingerprint density at radius 3 is 3.11 bits per heavy atom. The molecule has 0 amide bonds. The number of nitrogens with two attached hydrogens (primary N) is 1. The van der Waals surface area contributed by atoms with E-state index in [2.05, 4.69) is 23.4 Å². The first-order chi connectivity index (χ1) is 8.79. The lowest BCUT2D eigenvalue weighted by molar-refractivity contribution is 0.101. The van der Waals surface area contributed by atoms with E-state index in [9.17, 15) is 0 Å². The highest BCUT2D eigenvalue weighted by molar-refractivity contribution is 5.19. The smallest absolute Gasteiger partial charge is 0.0576 e. The van der Waals surface area contributed by atoms with Gasteiger partial charge in [-0.3, -0.25) is 16.3 Å². The summed E-state index contributed by atoms with van der Waals surface area (Å²) in [6, 6.07) is 2.34. The largest absolute Gasteiger partial charge is 0.378 e. The van der Waals surface area contributed by atoms with E-state index < -0.39 is 0 Å². The van der Waals surface area contributed by atoms with Gasteiger partial charge in [-0.15, -0.1) is 0 Å². The van der Waals surface area contributed by atoms with Crippen molar-refractivity contribution in [3.05, 3.63) is 29.6 Å². The Morgan fingerprint density at radius 1 is 1.56 bits per heavy atom. The maximum Gasteiger partial charge on any atom is 0.0576 e. The summed E-state index contributed by atoms with van der Waals surface area (Å²) in [5.74, 6) is 5.64. The highest BCUT2D eigenvalue weighted by atomic mass is 16.5. The Morgan fingerprint density at radius 2 is 2.44 bits per heavy atom. The normalized spacial score (nSPS) is 21.1. The minimum atomic E-state index is 0.193. The first-order valence-electron chi connectivity index (χ1n) is 6.79. The fourth-order valence-corrected chi connectivity index (χ4v) is 2.54. The second kappa shape index (κ2) is 6.83. The third-order valence-electron chi connectivity index (χ3n) is 3.54. The van der Waals surface area contributed by atoms with Crippen LogP contribution in [0.3, 0.4) is 0 Å². The topological polar surface area (TPSA) is 60.2 Å². The summed E-state index contributed by atoms with van der Waals surface area (Å²) >= 11 is 0. The lowest BCUT2D eigenvalue weighted by atomic mass is 10.0. The second-order valence-electron chi connectivity index (χ2n) is 5.08. The SMILES string of the molecule is Cc1cncc(C(CCCC2CCCO2)NN)c1. The van der Waals surface area contributed by atoms with E-state index in [4.69, 9.17) is 10.6 Å². The van der Waals surface area contributed by atoms with E-state index in [1.54, 1.807) is 0 Å². The summed E-state index contributed by atoms with van der Waals surface area (Å²) in [6.07, 6.45) is 9.95. The van der Waals surface area contributed by atoms with Crippen LogP contribution in [0, 0.1) is 6.92 Å². The standard InChI is InChI=1S/C14H23N3O/c1-11-8-12(10-16-9-11)14(17-15)6-2-4-13-5-3-7-18-13/h8-10,13-14,17H,2-7,15H2,1H3. The number of nitrogens with zero attached hydrogens (tertiary/aromatic N) is 1. The molecule has 2 atom stereocenters. The summed E-state index contributed by atoms with van der Waals surface area (Å²) in [5.41, 5.74) is 5.23. The molecule has 18 heavy (non-hydrogen) atoms. The quantitative estimate of drug-likeness (QED) is 0.599. The number of ether oxygens (including phenoxy) is 1. The Kier molecular flexibility index (Phi) is 5.11. The van der Waals surface area contributed by atoms with Gasteiger partial charge in [-0.1, -0.05) is 6.07 Å². The molecule has 0 radical (unpaired) electrons. The third-order valence-corrected chi connectivity index (χ3v) is 3.54. The summed E-state index contributed by atoms with van der Waals surface area (Å²) in [4.78, 5) is 4.22. The molecule has 4 nitrogen and oxygen atoms in total. The van der Waals surface area contributed by atoms with Crippen molar-refractivity contribution in [3.63, 3.8) is 0 Å². The van der Waals surface area contributed by atoms with E-state index in [-0.39, 0.29) is 6.04 Å². The molecule has 0 aliphatic carbocycles. The number of rotatable bonds is 6. The van der Waals surface area contributed by atoms with Gasteiger partial charge in [0.2, 0.25) is 0 Å². The zero-order valence-electron chi connectivity index (χ0n) is 11.1. The number of hydrogen-bond donors (Lipinski definition) is 2. The molecule has 0 bridgehead atoms. The molecule has 2 rings (SSSR count). The van der Waals surface area contributed by atoms with Crippen LogP contribution in [0.1, 0.15) is 49.3 Å². The molecule has 1 aromatic rings. The van der Waals surface area contributed by atoms with Crippen LogP contribution in [0.5, 0.6) is 0 Å². The van der Waals surface area contributed by atoms with Crippen molar-refractivity contribution in [2.45, 2.75) is 51.2 Å². The molecule has 100 valence electrons. The van der Waals surface area contributed by atoms with Crippen molar-refractivity contribution >= 4 is 0 Å². The van der Waals surface area contributed by atoms with E-state index in [0.29, 0.717) is 6.10 Å². The van der Waals surface area contributed by atoms with Gasteiger partial charge in [0, 0.05) is 25.0 Å². The van der Waals surface area contributed by atoms with Crippen molar-refractivity contribution < 1.29 is 4.74 Å². The molecule has 2 heterocycles. The van der Waals surface area contributed by atoms with Gasteiger partial charge in [0.25, 0.3) is 0 Å². The Balaban J connectivity index is 1.81. The molecule has 0 aromatic carbocycles. The summed E-state index contributed by atoms with van der Waals surface area (Å²) in [5, 5.41) is 0. The van der Waals surface area contributed by atoms with Crippen molar-refractivity contribution in [1.29, 1.82) is 0 Å². The summed E-state index contributed by atoms with van der Waals surface area (Å²) in [6.45, 7) is 2.99. The lowest BCUT2D eigenvalue weighted by Gasteiger charge is -2.17. The van der Waals surface area contributed by atoms with Gasteiger partial charge in [-0.05, 0) is 50.2 Å². The minimum absolute atomic E-state index is 0.193. The molecule has 1 aliphatic heterocycles. The number of aromatic nitrogens is 1. The van der Waals surface area contributed by atoms with Gasteiger partial charge < -0.3 is 4.74 Å². The highest BCUT2D eigenvalue weighted by Crippen LogP contribution is 2.22. The zero-order chi connectivity index (χ0) is 12.8. The van der Waals surface area contributed by atoms with E-state index in [0.717, 1.165) is 25.9 Å². The molecule has 0 spiro atoms. The Hall–Kier alpha value is -0.970. The van der Waals surface area contributed by atoms with Gasteiger partial charge in [0.05, 0.1) is 6.10 Å². The number of hydrogen-bond acceptors (Lipinski definition) is 4. The van der Waals surface area contributed by atoms with E-state index >= 15 is 0 Å². The van der Waals surface area contributed by atoms with Gasteiger partial charge in [-0.2, -0.15) is 0 Å². The van der Waals surface area contributed by atoms with Crippen molar-refractivity contribution in [2.24, 2.45) is 5.84 Å². The molecular weight excluding hydrogens is 226 g/mol. The van der Waals surface area contributed by atoms with Crippen LogP contribution in [0.4, 0.5) is 0 Å². The number of nitrogens with one attached hydrogen (secondary N) is 1. The predicted molar refractivity (Wildman–Crippen MR) is 71.9 cm³/mol. The Labute approximate surface area is 109 Å². The molecule has 3 N–H and O–H groups in total. The van der Waals surface area contributed by atoms with Crippen molar-refractivity contribution in [2.75, 3.05) is 6.61 Å². The predicted octanol–water partition coefficient (Wildman–Crippen LogP) is 2.24. The molecule has 1 aliphatic rings. The zero-order valence-corrected chi connectivity index (χ0v) is 11.1. The molecule has 0 saturated carbocycles. The number of aryl methyl sites for hydroxylation is 1. The number of hydrazine groups is 1. The second-order valence-corrected chi connectivity index (χ2v) is 5.08. The van der Waals surface area contributed by atoms with Crippen molar-refractivity contribution in [3.8, 4) is 0 Å². The maximum absolute atomic E-state index is 5.64. The maximum atomic E-state index is 5.64. The Bertz CT molecular complexity index is 364. The monoisotopic (exact) mass is 249 g/mol. The molecular formula is C14H23N3O. The van der Waals surface area contributed by atoms with Crippen molar-refractivity contribution in [1.82, 2.24) is 10.4 Å². The molecule has 1 fully saturated rings. The molecule has 2 unspecified atom stereocenters. The van der Waals surface area contributed by atoms with Gasteiger partial charge in [-0.25, -0.2) is 0 Å². The fraction of sp³-hybridized carbons (Fsp3) is 0.643. The van der Waals surface area contributed by atoms with E-state index in [1.807, 2.05) is 12.4 Å². The van der Waals surface area contributed by atoms with Crippen LogP contribution in [-0.2, 0) is 4.74 Å². The third kappa shape index (κ3) is 3.77.